The Hall–Kier alpha value is -4.03. The number of hydrogen-bond donors (Lipinski definition) is 5. The first-order valence-corrected chi connectivity index (χ1v) is 14.4. The second kappa shape index (κ2) is 12.2. The van der Waals surface area contributed by atoms with Crippen molar-refractivity contribution >= 4 is 17.5 Å². The molecule has 0 unspecified atom stereocenters. The van der Waals surface area contributed by atoms with Gasteiger partial charge in [-0.05, 0) is 57.0 Å². The number of nitrogens with zero attached hydrogens (tertiary/aromatic N) is 5. The van der Waals surface area contributed by atoms with Crippen LogP contribution in [-0.2, 0) is 4.74 Å². The van der Waals surface area contributed by atoms with Gasteiger partial charge in [0.25, 0.3) is 0 Å². The lowest BCUT2D eigenvalue weighted by Gasteiger charge is -2.38. The van der Waals surface area contributed by atoms with E-state index in [9.17, 15) is 5.11 Å². The average Bonchev–Trinajstić information content (AvgIpc) is 2.97. The summed E-state index contributed by atoms with van der Waals surface area (Å²) in [6.07, 6.45) is 10.0. The fourth-order valence-electron chi connectivity index (χ4n) is 5.62. The molecular weight excluding hydrogens is 522 g/mol. The van der Waals surface area contributed by atoms with Crippen LogP contribution in [0.5, 0.6) is 11.5 Å². The van der Waals surface area contributed by atoms with Crippen molar-refractivity contribution in [2.75, 3.05) is 36.4 Å². The predicted molar refractivity (Wildman–Crippen MR) is 155 cm³/mol. The molecular formula is C29H37N9O3. The topological polar surface area (TPSA) is 167 Å². The molecule has 12 heteroatoms. The van der Waals surface area contributed by atoms with Crippen LogP contribution in [0.1, 0.15) is 44.2 Å². The van der Waals surface area contributed by atoms with Gasteiger partial charge < -0.3 is 35.8 Å². The Morgan fingerprint density at radius 3 is 2.44 bits per heavy atom. The molecule has 0 spiro atoms. The molecule has 4 heterocycles. The third-order valence-corrected chi connectivity index (χ3v) is 8.01. The lowest BCUT2D eigenvalue weighted by Crippen LogP contribution is -2.43. The first-order valence-electron chi connectivity index (χ1n) is 14.4. The van der Waals surface area contributed by atoms with Gasteiger partial charge in [-0.2, -0.15) is 0 Å². The molecule has 1 aliphatic carbocycles. The van der Waals surface area contributed by atoms with Crippen LogP contribution in [0.3, 0.4) is 0 Å². The molecule has 12 nitrogen and oxygen atoms in total. The summed E-state index contributed by atoms with van der Waals surface area (Å²) >= 11 is 0. The molecule has 3 fully saturated rings. The van der Waals surface area contributed by atoms with Gasteiger partial charge in [-0.3, -0.25) is 5.41 Å². The molecule has 216 valence electrons. The van der Waals surface area contributed by atoms with E-state index in [2.05, 4.69) is 35.7 Å². The van der Waals surface area contributed by atoms with Gasteiger partial charge in [0.05, 0.1) is 36.0 Å². The van der Waals surface area contributed by atoms with Gasteiger partial charge in [0.2, 0.25) is 5.95 Å². The van der Waals surface area contributed by atoms with Gasteiger partial charge in [0, 0.05) is 37.5 Å². The molecule has 3 aromatic rings. The van der Waals surface area contributed by atoms with Crippen molar-refractivity contribution in [3.05, 3.63) is 48.4 Å². The van der Waals surface area contributed by atoms with Crippen molar-refractivity contribution < 1.29 is 14.6 Å². The number of aromatic hydroxyl groups is 1. The fraction of sp³-hybridized carbons (Fsp3) is 0.483. The van der Waals surface area contributed by atoms with Crippen molar-refractivity contribution in [3.8, 4) is 22.8 Å². The maximum atomic E-state index is 10.2. The second-order valence-electron chi connectivity index (χ2n) is 11.0. The fourth-order valence-corrected chi connectivity index (χ4v) is 5.62. The van der Waals surface area contributed by atoms with E-state index < -0.39 is 0 Å². The van der Waals surface area contributed by atoms with Gasteiger partial charge in [-0.1, -0.05) is 12.1 Å². The summed E-state index contributed by atoms with van der Waals surface area (Å²) in [5, 5.41) is 33.4. The smallest absolute Gasteiger partial charge is 0.225 e. The Bertz CT molecular complexity index is 1340. The van der Waals surface area contributed by atoms with Crippen LogP contribution in [0.15, 0.2) is 42.7 Å². The average molecular weight is 560 g/mol. The minimum Gasteiger partial charge on any atom is -0.507 e. The van der Waals surface area contributed by atoms with Crippen LogP contribution in [0, 0.1) is 5.41 Å². The molecule has 6 rings (SSSR count). The number of piperidine rings is 2. The zero-order valence-corrected chi connectivity index (χ0v) is 23.0. The highest BCUT2D eigenvalue weighted by Crippen LogP contribution is 2.32. The number of nitrogens with one attached hydrogen (secondary N) is 3. The normalized spacial score (nSPS) is 21.7. The van der Waals surface area contributed by atoms with Crippen molar-refractivity contribution in [1.29, 1.82) is 5.41 Å². The standard InChI is InChI=1S/C29H37N9O3/c30-28(31)27-25(15-24(36-37-27)23-3-1-2-4-26(23)39)35-18-7-11-38(12-8-18)29-33-16-22(17-34-29)41-21-13-20(14-21)40-19-5-9-32-10-6-19/h1-4,15-21,32,39H,5-14H2,(H3,30,31)(H,35,36). The van der Waals surface area contributed by atoms with E-state index in [4.69, 9.17) is 20.6 Å². The summed E-state index contributed by atoms with van der Waals surface area (Å²) in [6, 6.07) is 8.90. The number of amidine groups is 1. The van der Waals surface area contributed by atoms with Crippen LogP contribution in [-0.4, -0.2) is 81.6 Å². The maximum Gasteiger partial charge on any atom is 0.225 e. The summed E-state index contributed by atoms with van der Waals surface area (Å²) in [5.41, 5.74) is 7.78. The highest BCUT2D eigenvalue weighted by atomic mass is 16.5. The third kappa shape index (κ3) is 6.49. The molecule has 41 heavy (non-hydrogen) atoms. The number of rotatable bonds is 9. The number of phenolic OH excluding ortho intramolecular Hbond substituents is 1. The van der Waals surface area contributed by atoms with Gasteiger partial charge in [-0.25, -0.2) is 9.97 Å². The van der Waals surface area contributed by atoms with Crippen LogP contribution < -0.4 is 26.0 Å². The number of anilines is 2. The summed E-state index contributed by atoms with van der Waals surface area (Å²) < 4.78 is 12.3. The molecule has 1 saturated carbocycles. The van der Waals surface area contributed by atoms with E-state index in [0.29, 0.717) is 46.5 Å². The Morgan fingerprint density at radius 2 is 1.73 bits per heavy atom. The largest absolute Gasteiger partial charge is 0.507 e. The molecule has 0 radical (unpaired) electrons. The lowest BCUT2D eigenvalue weighted by molar-refractivity contribution is -0.103. The minimum absolute atomic E-state index is 0.117. The SMILES string of the molecule is N=C(N)c1nnc(-c2ccccc2O)cc1NC1CCN(c2ncc(OC3CC(OC4CCNCC4)C3)cn2)CC1. The van der Waals surface area contributed by atoms with E-state index in [1.165, 1.54) is 0 Å². The number of ether oxygens (including phenoxy) is 2. The monoisotopic (exact) mass is 559 g/mol. The lowest BCUT2D eigenvalue weighted by atomic mass is 9.91. The van der Waals surface area contributed by atoms with Crippen molar-refractivity contribution in [1.82, 2.24) is 25.5 Å². The van der Waals surface area contributed by atoms with E-state index in [0.717, 1.165) is 64.7 Å². The number of benzene rings is 1. The highest BCUT2D eigenvalue weighted by molar-refractivity contribution is 5.98. The van der Waals surface area contributed by atoms with Crippen molar-refractivity contribution in [2.24, 2.45) is 5.73 Å². The second-order valence-corrected chi connectivity index (χ2v) is 11.0. The van der Waals surface area contributed by atoms with Crippen LogP contribution in [0.4, 0.5) is 11.6 Å². The number of hydrogen-bond acceptors (Lipinski definition) is 11. The molecule has 2 saturated heterocycles. The van der Waals surface area contributed by atoms with Crippen LogP contribution >= 0.6 is 0 Å². The number of nitrogen functional groups attached to an aromatic ring is 1. The number of para-hydroxylation sites is 1. The quantitative estimate of drug-likeness (QED) is 0.193. The summed E-state index contributed by atoms with van der Waals surface area (Å²) in [6.45, 7) is 3.63. The van der Waals surface area contributed by atoms with Gasteiger partial charge in [-0.15, -0.1) is 10.2 Å². The van der Waals surface area contributed by atoms with E-state index >= 15 is 0 Å². The molecule has 0 amide bonds. The third-order valence-electron chi connectivity index (χ3n) is 8.01. The van der Waals surface area contributed by atoms with E-state index in [1.807, 2.05) is 6.07 Å². The Kier molecular flexibility index (Phi) is 8.10. The van der Waals surface area contributed by atoms with Crippen LogP contribution in [0.25, 0.3) is 11.3 Å². The highest BCUT2D eigenvalue weighted by Gasteiger charge is 2.34. The van der Waals surface area contributed by atoms with E-state index in [1.54, 1.807) is 36.7 Å². The Labute approximate surface area is 239 Å². The molecule has 2 aliphatic heterocycles. The summed E-state index contributed by atoms with van der Waals surface area (Å²) in [7, 11) is 0. The summed E-state index contributed by atoms with van der Waals surface area (Å²) in [5.74, 6) is 1.33. The molecule has 3 aliphatic rings. The van der Waals surface area contributed by atoms with Gasteiger partial charge in [0.15, 0.2) is 11.4 Å². The zero-order chi connectivity index (χ0) is 28.2. The first kappa shape index (κ1) is 27.2. The first-order chi connectivity index (χ1) is 20.0. The molecule has 2 aromatic heterocycles. The minimum atomic E-state index is -0.163. The number of phenols is 1. The number of aromatic nitrogens is 4. The zero-order valence-electron chi connectivity index (χ0n) is 23.0. The maximum absolute atomic E-state index is 10.2. The van der Waals surface area contributed by atoms with Crippen molar-refractivity contribution in [2.45, 2.75) is 62.9 Å². The Morgan fingerprint density at radius 1 is 1.00 bits per heavy atom. The summed E-state index contributed by atoms with van der Waals surface area (Å²) in [4.78, 5) is 11.3. The molecule has 6 N–H and O–H groups in total. The molecule has 1 aromatic carbocycles. The van der Waals surface area contributed by atoms with E-state index in [-0.39, 0.29) is 23.7 Å². The number of nitrogens with two attached hydrogens (primary N) is 1. The van der Waals surface area contributed by atoms with Crippen LogP contribution in [0.2, 0.25) is 0 Å². The van der Waals surface area contributed by atoms with Crippen molar-refractivity contribution in [3.63, 3.8) is 0 Å². The predicted octanol–water partition coefficient (Wildman–Crippen LogP) is 2.68. The van der Waals surface area contributed by atoms with Gasteiger partial charge in [0.1, 0.15) is 17.7 Å². The molecule has 0 atom stereocenters. The Balaban J connectivity index is 1.00. The molecule has 0 bridgehead atoms. The van der Waals surface area contributed by atoms with Gasteiger partial charge >= 0.3 is 0 Å².